The van der Waals surface area contributed by atoms with Crippen LogP contribution in [0.2, 0.25) is 0 Å². The fourth-order valence-electron chi connectivity index (χ4n) is 3.29. The second-order valence-electron chi connectivity index (χ2n) is 6.99. The number of hydrogen-bond donors (Lipinski definition) is 1. The third-order valence-corrected chi connectivity index (χ3v) is 6.35. The van der Waals surface area contributed by atoms with E-state index in [1.54, 1.807) is 11.8 Å². The predicted molar refractivity (Wildman–Crippen MR) is 125 cm³/mol. The molecule has 0 saturated heterocycles. The van der Waals surface area contributed by atoms with Gasteiger partial charge in [0.15, 0.2) is 11.5 Å². The van der Waals surface area contributed by atoms with Crippen molar-refractivity contribution in [1.29, 1.82) is 0 Å². The highest BCUT2D eigenvalue weighted by atomic mass is 79.9. The van der Waals surface area contributed by atoms with Crippen LogP contribution in [-0.2, 0) is 0 Å². The molecule has 3 heterocycles. The number of rotatable bonds is 5. The summed E-state index contributed by atoms with van der Waals surface area (Å²) >= 11 is 5.03. The zero-order valence-corrected chi connectivity index (χ0v) is 19.1. The number of fused-ring (bicyclic) bond motifs is 3. The Labute approximate surface area is 192 Å². The zero-order valence-electron chi connectivity index (χ0n) is 16.7. The molecule has 0 unspecified atom stereocenters. The summed E-state index contributed by atoms with van der Waals surface area (Å²) in [6.07, 6.45) is 0.483. The first kappa shape index (κ1) is 20.1. The van der Waals surface area contributed by atoms with Gasteiger partial charge in [-0.2, -0.15) is 4.98 Å². The van der Waals surface area contributed by atoms with Gasteiger partial charge in [0.1, 0.15) is 5.76 Å². The molecule has 5 rings (SSSR count). The third kappa shape index (κ3) is 4.18. The normalized spacial score (nSPS) is 14.7. The van der Waals surface area contributed by atoms with Gasteiger partial charge in [-0.15, -0.1) is 10.2 Å². The van der Waals surface area contributed by atoms with Gasteiger partial charge in [-0.3, -0.25) is 0 Å². The summed E-state index contributed by atoms with van der Waals surface area (Å²) in [6, 6.07) is 19.8. The summed E-state index contributed by atoms with van der Waals surface area (Å²) in [5.41, 5.74) is 3.39. The van der Waals surface area contributed by atoms with Crippen molar-refractivity contribution in [2.75, 3.05) is 11.1 Å². The van der Waals surface area contributed by atoms with E-state index in [0.29, 0.717) is 22.5 Å². The first-order chi connectivity index (χ1) is 15.2. The molecule has 1 aliphatic rings. The van der Waals surface area contributed by atoms with Gasteiger partial charge < -0.3 is 14.5 Å². The van der Waals surface area contributed by atoms with Crippen LogP contribution >= 0.6 is 27.7 Å². The molecular weight excluding hydrogens is 476 g/mol. The van der Waals surface area contributed by atoms with E-state index in [1.807, 2.05) is 60.7 Å². The number of anilines is 1. The van der Waals surface area contributed by atoms with Crippen molar-refractivity contribution in [3.63, 3.8) is 0 Å². The molecule has 0 fully saturated rings. The van der Waals surface area contributed by atoms with Gasteiger partial charge in [0.2, 0.25) is 17.3 Å². The van der Waals surface area contributed by atoms with Crippen molar-refractivity contribution in [2.45, 2.75) is 24.7 Å². The van der Waals surface area contributed by atoms with Crippen LogP contribution in [-0.4, -0.2) is 20.9 Å². The van der Waals surface area contributed by atoms with Crippen LogP contribution in [0.5, 0.6) is 5.88 Å². The summed E-state index contributed by atoms with van der Waals surface area (Å²) in [6.45, 7) is 2.12. The molecule has 1 aliphatic heterocycles. The van der Waals surface area contributed by atoms with E-state index in [9.17, 15) is 0 Å². The molecule has 0 aliphatic carbocycles. The van der Waals surface area contributed by atoms with Gasteiger partial charge in [0.05, 0.1) is 0 Å². The van der Waals surface area contributed by atoms with Gasteiger partial charge >= 0.3 is 0 Å². The van der Waals surface area contributed by atoms with E-state index < -0.39 is 6.23 Å². The summed E-state index contributed by atoms with van der Waals surface area (Å²) in [4.78, 5) is 4.64. The molecule has 0 saturated carbocycles. The van der Waals surface area contributed by atoms with Crippen LogP contribution in [0.3, 0.4) is 0 Å². The number of nitrogens with one attached hydrogen (secondary N) is 1. The number of aromatic nitrogens is 3. The molecule has 2 aromatic heterocycles. The minimum Gasteiger partial charge on any atom is -0.455 e. The topological polar surface area (TPSA) is 73.1 Å². The van der Waals surface area contributed by atoms with Gasteiger partial charge in [0.25, 0.3) is 0 Å². The minimum atomic E-state index is -0.549. The van der Waals surface area contributed by atoms with Crippen molar-refractivity contribution in [3.05, 3.63) is 70.9 Å². The molecule has 4 aromatic rings. The lowest BCUT2D eigenvalue weighted by atomic mass is 10.1. The number of halogens is 1. The van der Waals surface area contributed by atoms with Crippen molar-refractivity contribution >= 4 is 33.4 Å². The molecular formula is C23H19BrN4O2S. The summed E-state index contributed by atoms with van der Waals surface area (Å²) in [5.74, 6) is 2.79. The fraction of sp³-hybridized carbons (Fsp3) is 0.174. The van der Waals surface area contributed by atoms with Crippen LogP contribution in [0, 0.1) is 0 Å². The Bertz CT molecular complexity index is 1210. The fourth-order valence-corrected chi connectivity index (χ4v) is 4.19. The van der Waals surface area contributed by atoms with Gasteiger partial charge in [-0.1, -0.05) is 64.9 Å². The average Bonchev–Trinajstić information content (AvgIpc) is 3.22. The Morgan fingerprint density at radius 2 is 1.87 bits per heavy atom. The average molecular weight is 495 g/mol. The molecule has 0 bridgehead atoms. The zero-order chi connectivity index (χ0) is 21.2. The Balaban J connectivity index is 1.52. The standard InChI is InChI=1S/C23H19BrN4O2S/c1-2-13-31-23-26-22-20(27-28-23)16-5-3-4-6-17(16)25-21(30-22)19-12-11-18(29-19)14-7-9-15(24)10-8-14/h3-12,21,25H,2,13H2,1H3/t21-/m0/s1. The highest BCUT2D eigenvalue weighted by Crippen LogP contribution is 2.40. The number of thioether (sulfide) groups is 1. The highest BCUT2D eigenvalue weighted by Gasteiger charge is 2.28. The molecule has 156 valence electrons. The number of hydrogen-bond acceptors (Lipinski definition) is 7. The SMILES string of the molecule is CCCSc1nnc2c(n1)O[C@@H](c1ccc(-c3ccc(Br)cc3)o1)Nc1ccccc1-2. The van der Waals surface area contributed by atoms with E-state index in [-0.39, 0.29) is 0 Å². The molecule has 2 aromatic carbocycles. The van der Waals surface area contributed by atoms with E-state index in [2.05, 4.69) is 43.4 Å². The first-order valence-corrected chi connectivity index (χ1v) is 11.7. The highest BCUT2D eigenvalue weighted by molar-refractivity contribution is 9.10. The van der Waals surface area contributed by atoms with Crippen LogP contribution in [0.25, 0.3) is 22.6 Å². The second-order valence-corrected chi connectivity index (χ2v) is 8.97. The van der Waals surface area contributed by atoms with Crippen molar-refractivity contribution in [2.24, 2.45) is 0 Å². The minimum absolute atomic E-state index is 0.442. The Hall–Kier alpha value is -2.84. The molecule has 0 radical (unpaired) electrons. The van der Waals surface area contributed by atoms with Crippen LogP contribution < -0.4 is 10.1 Å². The molecule has 6 nitrogen and oxygen atoms in total. The second kappa shape index (κ2) is 8.72. The van der Waals surface area contributed by atoms with Gasteiger partial charge in [-0.05, 0) is 36.8 Å². The third-order valence-electron chi connectivity index (χ3n) is 4.78. The van der Waals surface area contributed by atoms with E-state index >= 15 is 0 Å². The molecule has 8 heteroatoms. The molecule has 1 atom stereocenters. The van der Waals surface area contributed by atoms with Crippen LogP contribution in [0.15, 0.2) is 74.7 Å². The molecule has 0 amide bonds. The Morgan fingerprint density at radius 3 is 2.71 bits per heavy atom. The Morgan fingerprint density at radius 1 is 1.03 bits per heavy atom. The lowest BCUT2D eigenvalue weighted by Gasteiger charge is -2.16. The largest absolute Gasteiger partial charge is 0.455 e. The number of ether oxygens (including phenoxy) is 1. The van der Waals surface area contributed by atoms with Crippen molar-refractivity contribution < 1.29 is 9.15 Å². The first-order valence-electron chi connectivity index (χ1n) is 9.97. The number of benzene rings is 2. The van der Waals surface area contributed by atoms with E-state index in [0.717, 1.165) is 39.2 Å². The maximum absolute atomic E-state index is 6.28. The quantitative estimate of drug-likeness (QED) is 0.314. The number of nitrogens with zero attached hydrogens (tertiary/aromatic N) is 3. The Kier molecular flexibility index (Phi) is 5.65. The van der Waals surface area contributed by atoms with Crippen molar-refractivity contribution in [1.82, 2.24) is 15.2 Å². The predicted octanol–water partition coefficient (Wildman–Crippen LogP) is 6.57. The summed E-state index contributed by atoms with van der Waals surface area (Å²) in [7, 11) is 0. The molecule has 31 heavy (non-hydrogen) atoms. The lowest BCUT2D eigenvalue weighted by molar-refractivity contribution is 0.196. The summed E-state index contributed by atoms with van der Waals surface area (Å²) < 4.78 is 13.5. The van der Waals surface area contributed by atoms with E-state index in [1.165, 1.54) is 0 Å². The molecule has 1 N–H and O–H groups in total. The van der Waals surface area contributed by atoms with E-state index in [4.69, 9.17) is 9.15 Å². The maximum atomic E-state index is 6.28. The number of furan rings is 1. The maximum Gasteiger partial charge on any atom is 0.247 e. The van der Waals surface area contributed by atoms with Gasteiger partial charge in [-0.25, -0.2) is 0 Å². The van der Waals surface area contributed by atoms with Crippen LogP contribution in [0.1, 0.15) is 25.3 Å². The van der Waals surface area contributed by atoms with Crippen molar-refractivity contribution in [3.8, 4) is 28.5 Å². The molecule has 0 spiro atoms. The number of para-hydroxylation sites is 1. The summed E-state index contributed by atoms with van der Waals surface area (Å²) in [5, 5.41) is 12.7. The van der Waals surface area contributed by atoms with Crippen LogP contribution in [0.4, 0.5) is 5.69 Å². The lowest BCUT2D eigenvalue weighted by Crippen LogP contribution is -2.16. The smallest absolute Gasteiger partial charge is 0.247 e. The monoisotopic (exact) mass is 494 g/mol. The van der Waals surface area contributed by atoms with Gasteiger partial charge in [0, 0.05) is 27.0 Å².